The van der Waals surface area contributed by atoms with E-state index in [0.717, 1.165) is 12.8 Å². The SMILES string of the molecule is N#CC1=C(C#N)C2(C#N)C34C(=CC56C7CC(c8ccccc87)C5(C13)C26C#N)C1CC4c2ccccc21. The normalized spacial score (nSPS) is 50.8. The van der Waals surface area contributed by atoms with Crippen LogP contribution in [0.25, 0.3) is 0 Å². The van der Waals surface area contributed by atoms with Crippen LogP contribution in [0.15, 0.2) is 71.3 Å². The third kappa shape index (κ3) is 1.05. The van der Waals surface area contributed by atoms with Crippen molar-refractivity contribution in [2.45, 2.75) is 36.5 Å². The van der Waals surface area contributed by atoms with Crippen molar-refractivity contribution in [2.75, 3.05) is 0 Å². The smallest absolute Gasteiger partial charge is 0.124 e. The van der Waals surface area contributed by atoms with Gasteiger partial charge < -0.3 is 0 Å². The maximum Gasteiger partial charge on any atom is 0.124 e. The van der Waals surface area contributed by atoms with Gasteiger partial charge in [0, 0.05) is 33.7 Å². The van der Waals surface area contributed by atoms with Crippen LogP contribution in [0.2, 0.25) is 0 Å². The molecule has 4 heteroatoms. The zero-order chi connectivity index (χ0) is 24.0. The summed E-state index contributed by atoms with van der Waals surface area (Å²) in [6, 6.07) is 27.6. The van der Waals surface area contributed by atoms with Crippen molar-refractivity contribution in [2.24, 2.45) is 33.0 Å². The fourth-order valence-corrected chi connectivity index (χ4v) is 12.9. The minimum absolute atomic E-state index is 0.0589. The van der Waals surface area contributed by atoms with Crippen LogP contribution >= 0.6 is 0 Å². The van der Waals surface area contributed by atoms with Gasteiger partial charge in [0.15, 0.2) is 0 Å². The molecule has 166 valence electrons. The highest BCUT2D eigenvalue weighted by Gasteiger charge is 3.13. The summed E-state index contributed by atoms with van der Waals surface area (Å²) in [6.07, 6.45) is 4.38. The zero-order valence-electron chi connectivity index (χ0n) is 19.3. The summed E-state index contributed by atoms with van der Waals surface area (Å²) in [5, 5.41) is 43.8. The van der Waals surface area contributed by atoms with Gasteiger partial charge in [0.05, 0.1) is 35.3 Å². The Kier molecular flexibility index (Phi) is 2.36. The molecule has 2 aromatic carbocycles. The summed E-state index contributed by atoms with van der Waals surface area (Å²) in [6.45, 7) is 0. The Bertz CT molecular complexity index is 1820. The number of nitrogens with zero attached hydrogens (tertiary/aromatic N) is 4. The van der Waals surface area contributed by atoms with E-state index in [0.29, 0.717) is 11.1 Å². The van der Waals surface area contributed by atoms with E-state index in [1.165, 1.54) is 27.8 Å². The molecule has 10 atom stereocenters. The van der Waals surface area contributed by atoms with Crippen molar-refractivity contribution in [3.8, 4) is 24.3 Å². The molecule has 0 radical (unpaired) electrons. The average Bonchev–Trinajstić information content (AvgIpc) is 3.54. The topological polar surface area (TPSA) is 95.2 Å². The highest BCUT2D eigenvalue weighted by atomic mass is 15.1. The first-order chi connectivity index (χ1) is 17.7. The van der Waals surface area contributed by atoms with Crippen molar-refractivity contribution < 1.29 is 0 Å². The van der Waals surface area contributed by atoms with Gasteiger partial charge >= 0.3 is 0 Å². The molecule has 36 heavy (non-hydrogen) atoms. The van der Waals surface area contributed by atoms with E-state index in [2.05, 4.69) is 78.9 Å². The summed E-state index contributed by atoms with van der Waals surface area (Å²) in [5.41, 5.74) is 3.50. The number of fused-ring (bicyclic) bond motifs is 10. The molecule has 0 heterocycles. The highest BCUT2D eigenvalue weighted by molar-refractivity contribution is 5.84. The molecule has 4 saturated carbocycles. The summed E-state index contributed by atoms with van der Waals surface area (Å²) < 4.78 is 0. The van der Waals surface area contributed by atoms with Crippen LogP contribution in [-0.2, 0) is 0 Å². The van der Waals surface area contributed by atoms with Crippen molar-refractivity contribution in [1.82, 2.24) is 0 Å². The second-order valence-corrected chi connectivity index (χ2v) is 12.3. The third-order valence-electron chi connectivity index (χ3n) is 12.8. The molecule has 10 bridgehead atoms. The number of hydrogen-bond donors (Lipinski definition) is 0. The monoisotopic (exact) mass is 458 g/mol. The first-order valence-electron chi connectivity index (χ1n) is 12.9. The maximum atomic E-state index is 11.3. The van der Waals surface area contributed by atoms with Gasteiger partial charge in [-0.3, -0.25) is 0 Å². The van der Waals surface area contributed by atoms with Gasteiger partial charge in [0.25, 0.3) is 0 Å². The number of allylic oxidation sites excluding steroid dienone is 4. The number of rotatable bonds is 0. The fraction of sp³-hybridized carbons (Fsp3) is 0.375. The summed E-state index contributed by atoms with van der Waals surface area (Å²) in [7, 11) is 0. The summed E-state index contributed by atoms with van der Waals surface area (Å²) in [5.74, 6) is 0.329. The minimum atomic E-state index is -1.27. The Morgan fingerprint density at radius 3 is 2.03 bits per heavy atom. The van der Waals surface area contributed by atoms with Crippen LogP contribution in [-0.4, -0.2) is 0 Å². The predicted octanol–water partition coefficient (Wildman–Crippen LogP) is 5.48. The third-order valence-corrected chi connectivity index (χ3v) is 12.8. The first kappa shape index (κ1) is 18.2. The van der Waals surface area contributed by atoms with Gasteiger partial charge in [-0.1, -0.05) is 60.2 Å². The Labute approximate surface area is 208 Å². The molecule has 11 rings (SSSR count). The Morgan fingerprint density at radius 1 is 0.722 bits per heavy atom. The summed E-state index contributed by atoms with van der Waals surface area (Å²) >= 11 is 0. The van der Waals surface area contributed by atoms with Crippen LogP contribution < -0.4 is 0 Å². The van der Waals surface area contributed by atoms with Gasteiger partial charge in [-0.25, -0.2) is 0 Å². The zero-order valence-corrected chi connectivity index (χ0v) is 19.3. The number of benzene rings is 2. The lowest BCUT2D eigenvalue weighted by Gasteiger charge is -2.56. The number of nitriles is 4. The van der Waals surface area contributed by atoms with Gasteiger partial charge in [-0.2, -0.15) is 21.0 Å². The fourth-order valence-electron chi connectivity index (χ4n) is 12.9. The first-order valence-corrected chi connectivity index (χ1v) is 12.9. The Balaban J connectivity index is 1.44. The van der Waals surface area contributed by atoms with E-state index in [1.54, 1.807) is 0 Å². The van der Waals surface area contributed by atoms with Crippen LogP contribution in [0.5, 0.6) is 0 Å². The molecule has 3 spiro atoms. The minimum Gasteiger partial charge on any atom is -0.198 e. The van der Waals surface area contributed by atoms with Crippen molar-refractivity contribution in [3.63, 3.8) is 0 Å². The van der Waals surface area contributed by atoms with E-state index in [1.807, 2.05) is 0 Å². The van der Waals surface area contributed by atoms with Gasteiger partial charge in [-0.15, -0.1) is 0 Å². The van der Waals surface area contributed by atoms with Gasteiger partial charge in [0.1, 0.15) is 5.41 Å². The molecule has 10 unspecified atom stereocenters. The molecule has 0 amide bonds. The van der Waals surface area contributed by atoms with Crippen LogP contribution in [0.4, 0.5) is 0 Å². The van der Waals surface area contributed by atoms with Crippen molar-refractivity contribution >= 4 is 0 Å². The van der Waals surface area contributed by atoms with E-state index in [-0.39, 0.29) is 29.6 Å². The average molecular weight is 459 g/mol. The molecule has 0 N–H and O–H groups in total. The second kappa shape index (κ2) is 4.66. The molecule has 0 aliphatic heterocycles. The van der Waals surface area contributed by atoms with Crippen molar-refractivity contribution in [1.29, 1.82) is 21.0 Å². The largest absolute Gasteiger partial charge is 0.198 e. The van der Waals surface area contributed by atoms with Crippen LogP contribution in [0.3, 0.4) is 0 Å². The maximum absolute atomic E-state index is 11.3. The predicted molar refractivity (Wildman–Crippen MR) is 126 cm³/mol. The molecular weight excluding hydrogens is 440 g/mol. The molecule has 9 aliphatic carbocycles. The van der Waals surface area contributed by atoms with Crippen molar-refractivity contribution in [3.05, 3.63) is 93.6 Å². The Morgan fingerprint density at radius 2 is 1.39 bits per heavy atom. The summed E-state index contributed by atoms with van der Waals surface area (Å²) in [4.78, 5) is 0. The Hall–Kier alpha value is -4.12. The van der Waals surface area contributed by atoms with E-state index >= 15 is 0 Å². The van der Waals surface area contributed by atoms with Gasteiger partial charge in [0.2, 0.25) is 0 Å². The van der Waals surface area contributed by atoms with Gasteiger partial charge in [-0.05, 0) is 52.8 Å². The van der Waals surface area contributed by atoms with Crippen LogP contribution in [0.1, 0.15) is 58.8 Å². The van der Waals surface area contributed by atoms with E-state index in [9.17, 15) is 21.0 Å². The highest BCUT2D eigenvalue weighted by Crippen LogP contribution is 3.13. The number of hydrogen-bond acceptors (Lipinski definition) is 4. The second-order valence-electron chi connectivity index (χ2n) is 12.3. The standard InChI is InChI=1S/C32H18N4/c33-12-21-26(13-34)29(14-35)30(15-36)28-11-25-20-9-23(17-6-2-1-5-16(17)20)31(25,29)27(21)32(28,30)24-10-22(28)18-7-3-4-8-19(18)24/h1-8,11,20,22-24,27H,9-10H2. The molecular formula is C32H18N4. The molecule has 4 nitrogen and oxygen atoms in total. The lowest BCUT2D eigenvalue weighted by Crippen LogP contribution is -2.54. The van der Waals surface area contributed by atoms with Crippen LogP contribution in [0, 0.1) is 78.3 Å². The molecule has 9 aliphatic rings. The molecule has 0 saturated heterocycles. The van der Waals surface area contributed by atoms with E-state index < -0.39 is 27.1 Å². The quantitative estimate of drug-likeness (QED) is 0.489. The lowest BCUT2D eigenvalue weighted by molar-refractivity contribution is 0.0574. The lowest BCUT2D eigenvalue weighted by atomic mass is 9.43. The molecule has 4 fully saturated rings. The molecule has 0 aromatic heterocycles. The van der Waals surface area contributed by atoms with E-state index in [4.69, 9.17) is 0 Å². The molecule has 2 aromatic rings.